The van der Waals surface area contributed by atoms with Crippen molar-refractivity contribution in [2.24, 2.45) is 0 Å². The number of hydrogen-bond acceptors (Lipinski definition) is 3. The number of ether oxygens (including phenoxy) is 1. The number of para-hydroxylation sites is 2. The molecule has 0 radical (unpaired) electrons. The molecule has 98 valence electrons. The number of carbonyl (C=O) groups is 1. The lowest BCUT2D eigenvalue weighted by Crippen LogP contribution is -2.30. The van der Waals surface area contributed by atoms with Gasteiger partial charge < -0.3 is 10.1 Å². The Morgan fingerprint density at radius 3 is 2.85 bits per heavy atom. The summed E-state index contributed by atoms with van der Waals surface area (Å²) in [6.45, 7) is 1.90. The first-order valence-electron chi connectivity index (χ1n) is 6.26. The third-order valence-corrected chi connectivity index (χ3v) is 3.32. The number of rotatable bonds is 1. The fourth-order valence-corrected chi connectivity index (χ4v) is 2.25. The van der Waals surface area contributed by atoms with Crippen LogP contribution in [0.4, 0.5) is 5.69 Å². The minimum Gasteiger partial charge on any atom is -0.474 e. The SMILES string of the molecule is Cc1ccc(C#N)cc1C1Oc2ccccc2NC1=O. The number of nitrogens with zero attached hydrogens (tertiary/aromatic N) is 1. The number of nitrogens with one attached hydrogen (secondary N) is 1. The van der Waals surface area contributed by atoms with Crippen molar-refractivity contribution in [3.05, 3.63) is 59.2 Å². The first kappa shape index (κ1) is 12.2. The van der Waals surface area contributed by atoms with Crippen LogP contribution in [0.5, 0.6) is 5.75 Å². The molecule has 0 aromatic heterocycles. The maximum Gasteiger partial charge on any atom is 0.270 e. The average molecular weight is 264 g/mol. The molecule has 1 aliphatic heterocycles. The largest absolute Gasteiger partial charge is 0.474 e. The molecule has 20 heavy (non-hydrogen) atoms. The average Bonchev–Trinajstić information content (AvgIpc) is 2.47. The van der Waals surface area contributed by atoms with Crippen molar-refractivity contribution in [1.29, 1.82) is 5.26 Å². The van der Waals surface area contributed by atoms with Crippen LogP contribution in [0.3, 0.4) is 0 Å². The highest BCUT2D eigenvalue weighted by molar-refractivity contribution is 5.98. The van der Waals surface area contributed by atoms with Gasteiger partial charge in [0.05, 0.1) is 17.3 Å². The van der Waals surface area contributed by atoms with Gasteiger partial charge >= 0.3 is 0 Å². The second-order valence-electron chi connectivity index (χ2n) is 4.67. The van der Waals surface area contributed by atoms with Gasteiger partial charge in [0.25, 0.3) is 5.91 Å². The van der Waals surface area contributed by atoms with Crippen molar-refractivity contribution in [3.8, 4) is 11.8 Å². The first-order valence-corrected chi connectivity index (χ1v) is 6.26. The van der Waals surface area contributed by atoms with E-state index >= 15 is 0 Å². The van der Waals surface area contributed by atoms with Crippen LogP contribution in [0, 0.1) is 18.3 Å². The Hall–Kier alpha value is -2.80. The second-order valence-corrected chi connectivity index (χ2v) is 4.67. The number of benzene rings is 2. The third kappa shape index (κ3) is 1.99. The van der Waals surface area contributed by atoms with Gasteiger partial charge in [-0.3, -0.25) is 4.79 Å². The van der Waals surface area contributed by atoms with E-state index in [4.69, 9.17) is 10.00 Å². The van der Waals surface area contributed by atoms with Crippen molar-refractivity contribution in [3.63, 3.8) is 0 Å². The number of aryl methyl sites for hydroxylation is 1. The normalized spacial score (nSPS) is 16.6. The molecule has 1 amide bonds. The van der Waals surface area contributed by atoms with Crippen molar-refractivity contribution < 1.29 is 9.53 Å². The predicted octanol–water partition coefficient (Wildman–Crippen LogP) is 2.94. The molecule has 1 heterocycles. The van der Waals surface area contributed by atoms with Crippen LogP contribution >= 0.6 is 0 Å². The lowest BCUT2D eigenvalue weighted by molar-refractivity contribution is -0.123. The number of hydrogen-bond donors (Lipinski definition) is 1. The molecule has 4 nitrogen and oxygen atoms in total. The Bertz CT molecular complexity index is 731. The fraction of sp³-hybridized carbons (Fsp3) is 0.125. The van der Waals surface area contributed by atoms with E-state index in [0.29, 0.717) is 17.0 Å². The van der Waals surface area contributed by atoms with Crippen LogP contribution < -0.4 is 10.1 Å². The van der Waals surface area contributed by atoms with Gasteiger partial charge in [-0.1, -0.05) is 18.2 Å². The molecule has 0 bridgehead atoms. The number of amides is 1. The molecule has 1 unspecified atom stereocenters. The smallest absolute Gasteiger partial charge is 0.270 e. The van der Waals surface area contributed by atoms with Gasteiger partial charge in [-0.2, -0.15) is 5.26 Å². The summed E-state index contributed by atoms with van der Waals surface area (Å²) in [4.78, 5) is 12.2. The zero-order valence-electron chi connectivity index (χ0n) is 10.9. The van der Waals surface area contributed by atoms with Crippen LogP contribution in [-0.2, 0) is 4.79 Å². The Labute approximate surface area is 116 Å². The Morgan fingerprint density at radius 2 is 2.05 bits per heavy atom. The maximum absolute atomic E-state index is 12.2. The van der Waals surface area contributed by atoms with E-state index in [1.807, 2.05) is 31.2 Å². The Balaban J connectivity index is 2.04. The number of fused-ring (bicyclic) bond motifs is 1. The van der Waals surface area contributed by atoms with Gasteiger partial charge in [0, 0.05) is 5.56 Å². The molecular formula is C16H12N2O2. The van der Waals surface area contributed by atoms with Gasteiger partial charge in [-0.25, -0.2) is 0 Å². The third-order valence-electron chi connectivity index (χ3n) is 3.32. The lowest BCUT2D eigenvalue weighted by Gasteiger charge is -2.27. The zero-order chi connectivity index (χ0) is 14.1. The van der Waals surface area contributed by atoms with Crippen LogP contribution in [0.25, 0.3) is 0 Å². The van der Waals surface area contributed by atoms with Crippen LogP contribution in [0.2, 0.25) is 0 Å². The molecule has 4 heteroatoms. The van der Waals surface area contributed by atoms with E-state index in [9.17, 15) is 4.79 Å². The molecule has 0 fully saturated rings. The lowest BCUT2D eigenvalue weighted by atomic mass is 9.99. The van der Waals surface area contributed by atoms with E-state index < -0.39 is 6.10 Å². The molecule has 0 saturated carbocycles. The van der Waals surface area contributed by atoms with E-state index in [1.54, 1.807) is 18.2 Å². The van der Waals surface area contributed by atoms with E-state index in [0.717, 1.165) is 11.1 Å². The number of nitriles is 1. The van der Waals surface area contributed by atoms with Crippen molar-refractivity contribution in [1.82, 2.24) is 0 Å². The molecule has 3 rings (SSSR count). The highest BCUT2D eigenvalue weighted by Crippen LogP contribution is 2.35. The standard InChI is InChI=1S/C16H12N2O2/c1-10-6-7-11(9-17)8-12(10)15-16(19)18-13-4-2-3-5-14(13)20-15/h2-8,15H,1H3,(H,18,19). The molecule has 0 spiro atoms. The van der Waals surface area contributed by atoms with Gasteiger partial charge in [0.15, 0.2) is 0 Å². The summed E-state index contributed by atoms with van der Waals surface area (Å²) in [5.74, 6) is 0.417. The molecule has 1 N–H and O–H groups in total. The molecule has 1 atom stereocenters. The summed E-state index contributed by atoms with van der Waals surface area (Å²) in [6.07, 6.45) is -0.724. The molecular weight excluding hydrogens is 252 g/mol. The second kappa shape index (κ2) is 4.71. The number of anilines is 1. The summed E-state index contributed by atoms with van der Waals surface area (Å²) >= 11 is 0. The molecule has 0 saturated heterocycles. The monoisotopic (exact) mass is 264 g/mol. The van der Waals surface area contributed by atoms with Gasteiger partial charge in [-0.05, 0) is 36.8 Å². The van der Waals surface area contributed by atoms with Crippen molar-refractivity contribution in [2.75, 3.05) is 5.32 Å². The fourth-order valence-electron chi connectivity index (χ4n) is 2.25. The highest BCUT2D eigenvalue weighted by atomic mass is 16.5. The Kier molecular flexibility index (Phi) is 2.88. The van der Waals surface area contributed by atoms with E-state index in [-0.39, 0.29) is 5.91 Å². The molecule has 2 aromatic rings. The minimum absolute atomic E-state index is 0.220. The molecule has 1 aliphatic rings. The first-order chi connectivity index (χ1) is 9.69. The number of carbonyl (C=O) groups excluding carboxylic acids is 1. The van der Waals surface area contributed by atoms with Gasteiger partial charge in [0.1, 0.15) is 5.75 Å². The van der Waals surface area contributed by atoms with E-state index in [2.05, 4.69) is 11.4 Å². The summed E-state index contributed by atoms with van der Waals surface area (Å²) in [5.41, 5.74) is 2.82. The topological polar surface area (TPSA) is 62.1 Å². The summed E-state index contributed by atoms with van der Waals surface area (Å²) in [5, 5.41) is 11.8. The highest BCUT2D eigenvalue weighted by Gasteiger charge is 2.30. The minimum atomic E-state index is -0.724. The van der Waals surface area contributed by atoms with Crippen LogP contribution in [0.15, 0.2) is 42.5 Å². The predicted molar refractivity (Wildman–Crippen MR) is 74.3 cm³/mol. The maximum atomic E-state index is 12.2. The quantitative estimate of drug-likeness (QED) is 0.861. The summed E-state index contributed by atoms with van der Waals surface area (Å²) in [6, 6.07) is 14.6. The van der Waals surface area contributed by atoms with Crippen molar-refractivity contribution in [2.45, 2.75) is 13.0 Å². The van der Waals surface area contributed by atoms with E-state index in [1.165, 1.54) is 0 Å². The zero-order valence-corrected chi connectivity index (χ0v) is 10.9. The Morgan fingerprint density at radius 1 is 1.25 bits per heavy atom. The van der Waals surface area contributed by atoms with Gasteiger partial charge in [-0.15, -0.1) is 0 Å². The summed E-state index contributed by atoms with van der Waals surface area (Å²) < 4.78 is 5.79. The molecule has 2 aromatic carbocycles. The van der Waals surface area contributed by atoms with Crippen molar-refractivity contribution >= 4 is 11.6 Å². The molecule has 0 aliphatic carbocycles. The van der Waals surface area contributed by atoms with Gasteiger partial charge in [0.2, 0.25) is 6.10 Å². The van der Waals surface area contributed by atoms with Crippen LogP contribution in [-0.4, -0.2) is 5.91 Å². The summed E-state index contributed by atoms with van der Waals surface area (Å²) in [7, 11) is 0. The van der Waals surface area contributed by atoms with Crippen LogP contribution in [0.1, 0.15) is 22.8 Å².